The van der Waals surface area contributed by atoms with E-state index in [0.29, 0.717) is 11.5 Å². The molecule has 0 atom stereocenters. The number of rotatable bonds is 3. The fourth-order valence-electron chi connectivity index (χ4n) is 2.22. The molecule has 1 saturated heterocycles. The van der Waals surface area contributed by atoms with Crippen LogP contribution < -0.4 is 5.73 Å². The fraction of sp³-hybridized carbons (Fsp3) is 1.00. The zero-order valence-corrected chi connectivity index (χ0v) is 9.34. The summed E-state index contributed by atoms with van der Waals surface area (Å²) in [6.45, 7) is 10.2. The number of hydrogen-bond acceptors (Lipinski definition) is 2. The topological polar surface area (TPSA) is 29.3 Å². The summed E-state index contributed by atoms with van der Waals surface area (Å²) in [5.74, 6) is 0. The smallest absolute Gasteiger partial charge is 0.00385 e. The predicted molar refractivity (Wildman–Crippen MR) is 57.7 cm³/mol. The first kappa shape index (κ1) is 11.0. The maximum atomic E-state index is 5.85. The third-order valence-electron chi connectivity index (χ3n) is 3.77. The first-order chi connectivity index (χ1) is 6.13. The van der Waals surface area contributed by atoms with Crippen molar-refractivity contribution in [3.63, 3.8) is 0 Å². The second kappa shape index (κ2) is 4.43. The van der Waals surface area contributed by atoms with Crippen LogP contribution in [0.25, 0.3) is 0 Å². The molecule has 0 saturated carbocycles. The Morgan fingerprint density at radius 2 is 1.85 bits per heavy atom. The van der Waals surface area contributed by atoms with E-state index in [0.717, 1.165) is 6.54 Å². The molecule has 1 rings (SSSR count). The molecule has 78 valence electrons. The molecule has 1 aliphatic heterocycles. The first-order valence-electron chi connectivity index (χ1n) is 5.57. The van der Waals surface area contributed by atoms with Crippen molar-refractivity contribution in [3.8, 4) is 0 Å². The zero-order valence-electron chi connectivity index (χ0n) is 9.34. The number of hydrogen-bond donors (Lipinski definition) is 1. The van der Waals surface area contributed by atoms with Gasteiger partial charge in [-0.3, -0.25) is 0 Å². The van der Waals surface area contributed by atoms with Gasteiger partial charge in [0.2, 0.25) is 0 Å². The van der Waals surface area contributed by atoms with Crippen molar-refractivity contribution in [2.45, 2.75) is 46.1 Å². The van der Waals surface area contributed by atoms with Crippen LogP contribution in [0.4, 0.5) is 0 Å². The summed E-state index contributed by atoms with van der Waals surface area (Å²) in [4.78, 5) is 2.56. The molecule has 13 heavy (non-hydrogen) atoms. The van der Waals surface area contributed by atoms with Crippen molar-refractivity contribution in [3.05, 3.63) is 0 Å². The molecule has 0 amide bonds. The highest BCUT2D eigenvalue weighted by atomic mass is 15.2. The lowest BCUT2D eigenvalue weighted by molar-refractivity contribution is 0.0851. The van der Waals surface area contributed by atoms with Gasteiger partial charge in [0.1, 0.15) is 0 Å². The van der Waals surface area contributed by atoms with Gasteiger partial charge in [0, 0.05) is 6.04 Å². The van der Waals surface area contributed by atoms with Crippen LogP contribution in [0.15, 0.2) is 0 Å². The maximum Gasteiger partial charge on any atom is 0.00385 e. The van der Waals surface area contributed by atoms with E-state index in [1.807, 2.05) is 0 Å². The summed E-state index contributed by atoms with van der Waals surface area (Å²) in [7, 11) is 0. The second-order valence-corrected chi connectivity index (χ2v) is 4.69. The van der Waals surface area contributed by atoms with E-state index in [1.165, 1.54) is 32.4 Å². The summed E-state index contributed by atoms with van der Waals surface area (Å²) >= 11 is 0. The fourth-order valence-corrected chi connectivity index (χ4v) is 2.22. The number of nitrogens with two attached hydrogens (primary N) is 1. The average molecular weight is 184 g/mol. The van der Waals surface area contributed by atoms with Crippen LogP contribution in [-0.2, 0) is 0 Å². The highest BCUT2D eigenvalue weighted by Gasteiger charge is 2.31. The summed E-state index contributed by atoms with van der Waals surface area (Å²) in [5, 5.41) is 0. The monoisotopic (exact) mass is 184 g/mol. The molecule has 0 aromatic carbocycles. The average Bonchev–Trinajstić information content (AvgIpc) is 2.18. The Labute approximate surface area is 82.5 Å². The Balaban J connectivity index is 2.45. The Hall–Kier alpha value is -0.0800. The molecule has 1 fully saturated rings. The van der Waals surface area contributed by atoms with E-state index in [-0.39, 0.29) is 0 Å². The van der Waals surface area contributed by atoms with E-state index in [2.05, 4.69) is 25.7 Å². The Morgan fingerprint density at radius 1 is 1.31 bits per heavy atom. The predicted octanol–water partition coefficient (Wildman–Crippen LogP) is 1.85. The molecule has 1 heterocycles. The van der Waals surface area contributed by atoms with E-state index in [4.69, 9.17) is 5.73 Å². The van der Waals surface area contributed by atoms with Gasteiger partial charge in [-0.05, 0) is 58.2 Å². The lowest BCUT2D eigenvalue weighted by Gasteiger charge is -2.42. The third-order valence-corrected chi connectivity index (χ3v) is 3.77. The minimum absolute atomic E-state index is 0.464. The molecule has 1 aliphatic rings. The van der Waals surface area contributed by atoms with Gasteiger partial charge in [0.15, 0.2) is 0 Å². The molecule has 0 aliphatic carbocycles. The largest absolute Gasteiger partial charge is 0.330 e. The number of piperidine rings is 1. The van der Waals surface area contributed by atoms with Gasteiger partial charge >= 0.3 is 0 Å². The lowest BCUT2D eigenvalue weighted by Crippen LogP contribution is -2.45. The molecule has 0 unspecified atom stereocenters. The van der Waals surface area contributed by atoms with Crippen LogP contribution in [0.2, 0.25) is 0 Å². The summed E-state index contributed by atoms with van der Waals surface area (Å²) in [6.07, 6.45) is 3.83. The maximum absolute atomic E-state index is 5.85. The number of likely N-dealkylation sites (tertiary alicyclic amines) is 1. The van der Waals surface area contributed by atoms with Crippen molar-refractivity contribution in [2.75, 3.05) is 19.6 Å². The van der Waals surface area contributed by atoms with Crippen LogP contribution in [0.3, 0.4) is 0 Å². The summed E-state index contributed by atoms with van der Waals surface area (Å²) < 4.78 is 0. The molecule has 0 aromatic rings. The molecule has 2 heteroatoms. The highest BCUT2D eigenvalue weighted by molar-refractivity contribution is 4.86. The van der Waals surface area contributed by atoms with Crippen LogP contribution in [0.1, 0.15) is 40.0 Å². The zero-order chi connectivity index (χ0) is 9.90. The van der Waals surface area contributed by atoms with Crippen molar-refractivity contribution in [1.29, 1.82) is 0 Å². The van der Waals surface area contributed by atoms with E-state index >= 15 is 0 Å². The third kappa shape index (κ3) is 2.44. The second-order valence-electron chi connectivity index (χ2n) is 4.69. The minimum Gasteiger partial charge on any atom is -0.330 e. The molecule has 0 bridgehead atoms. The minimum atomic E-state index is 0.464. The van der Waals surface area contributed by atoms with Gasteiger partial charge < -0.3 is 10.6 Å². The van der Waals surface area contributed by atoms with Gasteiger partial charge in [0.25, 0.3) is 0 Å². The van der Waals surface area contributed by atoms with E-state index in [1.54, 1.807) is 0 Å². The molecular formula is C11H24N2. The Bertz CT molecular complexity index is 140. The van der Waals surface area contributed by atoms with Crippen molar-refractivity contribution < 1.29 is 0 Å². The molecule has 0 radical (unpaired) electrons. The molecule has 0 aromatic heterocycles. The quantitative estimate of drug-likeness (QED) is 0.725. The van der Waals surface area contributed by atoms with Crippen LogP contribution in [-0.4, -0.2) is 30.6 Å². The highest BCUT2D eigenvalue weighted by Crippen LogP contribution is 2.33. The van der Waals surface area contributed by atoms with E-state index < -0.39 is 0 Å². The van der Waals surface area contributed by atoms with Crippen molar-refractivity contribution >= 4 is 0 Å². The Morgan fingerprint density at radius 3 is 2.15 bits per heavy atom. The summed E-state index contributed by atoms with van der Waals surface area (Å²) in [6, 6.07) is 0.702. The molecular weight excluding hydrogens is 160 g/mol. The standard InChI is InChI=1S/C11H24N2/c1-4-11(9-12)5-7-13(8-6-11)10(2)3/h10H,4-9,12H2,1-3H3. The first-order valence-corrected chi connectivity index (χ1v) is 5.57. The molecule has 2 N–H and O–H groups in total. The number of nitrogens with zero attached hydrogens (tertiary/aromatic N) is 1. The van der Waals surface area contributed by atoms with Gasteiger partial charge in [-0.2, -0.15) is 0 Å². The van der Waals surface area contributed by atoms with Gasteiger partial charge in [-0.15, -0.1) is 0 Å². The van der Waals surface area contributed by atoms with Crippen LogP contribution in [0.5, 0.6) is 0 Å². The molecule has 2 nitrogen and oxygen atoms in total. The van der Waals surface area contributed by atoms with Crippen LogP contribution >= 0.6 is 0 Å². The van der Waals surface area contributed by atoms with E-state index in [9.17, 15) is 0 Å². The van der Waals surface area contributed by atoms with Crippen LogP contribution in [0, 0.1) is 5.41 Å². The van der Waals surface area contributed by atoms with Gasteiger partial charge in [-0.25, -0.2) is 0 Å². The van der Waals surface area contributed by atoms with Gasteiger partial charge in [0.05, 0.1) is 0 Å². The van der Waals surface area contributed by atoms with Crippen molar-refractivity contribution in [1.82, 2.24) is 4.90 Å². The SMILES string of the molecule is CCC1(CN)CCN(C(C)C)CC1. The van der Waals surface area contributed by atoms with Crippen molar-refractivity contribution in [2.24, 2.45) is 11.1 Å². The Kier molecular flexibility index (Phi) is 3.74. The molecule has 0 spiro atoms. The summed E-state index contributed by atoms with van der Waals surface area (Å²) in [5.41, 5.74) is 6.32. The lowest BCUT2D eigenvalue weighted by atomic mass is 9.76. The normalized spacial score (nSPS) is 23.8. The van der Waals surface area contributed by atoms with Gasteiger partial charge in [-0.1, -0.05) is 6.92 Å².